The van der Waals surface area contributed by atoms with E-state index in [4.69, 9.17) is 10.8 Å². The molecule has 1 aromatic carbocycles. The van der Waals surface area contributed by atoms with E-state index in [1.54, 1.807) is 12.1 Å². The SMILES string of the molecule is Nc1nc2ncc(CO)nc2c(=O)n1CCc1ccc([N+](=O)[O-])cc1. The number of nitrogen functional groups attached to an aromatic ring is 1. The first kappa shape index (κ1) is 16.5. The van der Waals surface area contributed by atoms with E-state index >= 15 is 0 Å². The lowest BCUT2D eigenvalue weighted by atomic mass is 10.1. The zero-order valence-corrected chi connectivity index (χ0v) is 13.0. The van der Waals surface area contributed by atoms with Crippen LogP contribution in [0.3, 0.4) is 0 Å². The van der Waals surface area contributed by atoms with E-state index in [9.17, 15) is 14.9 Å². The number of benzene rings is 1. The maximum Gasteiger partial charge on any atom is 0.283 e. The van der Waals surface area contributed by atoms with Crippen molar-refractivity contribution >= 4 is 22.8 Å². The number of nitrogens with two attached hydrogens (primary N) is 1. The van der Waals surface area contributed by atoms with Crippen LogP contribution in [0.15, 0.2) is 35.3 Å². The van der Waals surface area contributed by atoms with Gasteiger partial charge in [-0.25, -0.2) is 9.97 Å². The molecule has 10 heteroatoms. The molecule has 0 aliphatic rings. The molecule has 2 aromatic heterocycles. The number of aliphatic hydroxyl groups is 1. The normalized spacial score (nSPS) is 10.9. The van der Waals surface area contributed by atoms with E-state index in [0.29, 0.717) is 6.42 Å². The molecule has 10 nitrogen and oxygen atoms in total. The van der Waals surface area contributed by atoms with Crippen molar-refractivity contribution < 1.29 is 10.0 Å². The van der Waals surface area contributed by atoms with E-state index < -0.39 is 10.5 Å². The summed E-state index contributed by atoms with van der Waals surface area (Å²) in [5, 5.41) is 19.8. The number of nitro groups is 1. The van der Waals surface area contributed by atoms with Crippen LogP contribution >= 0.6 is 0 Å². The highest BCUT2D eigenvalue weighted by Crippen LogP contribution is 2.13. The molecule has 0 aliphatic heterocycles. The van der Waals surface area contributed by atoms with E-state index in [2.05, 4.69) is 15.0 Å². The molecule has 0 amide bonds. The van der Waals surface area contributed by atoms with Crippen LogP contribution in [0, 0.1) is 10.1 Å². The lowest BCUT2D eigenvalue weighted by Gasteiger charge is -2.10. The third-order valence-electron chi connectivity index (χ3n) is 3.68. The van der Waals surface area contributed by atoms with E-state index in [1.165, 1.54) is 22.9 Å². The molecule has 0 saturated carbocycles. The Labute approximate surface area is 140 Å². The fourth-order valence-corrected chi connectivity index (χ4v) is 2.36. The van der Waals surface area contributed by atoms with Gasteiger partial charge in [0.05, 0.1) is 23.4 Å². The fourth-order valence-electron chi connectivity index (χ4n) is 2.36. The molecule has 0 aliphatic carbocycles. The number of aromatic nitrogens is 4. The Kier molecular flexibility index (Phi) is 4.35. The smallest absolute Gasteiger partial charge is 0.283 e. The van der Waals surface area contributed by atoms with E-state index in [-0.39, 0.29) is 41.6 Å². The molecule has 2 heterocycles. The number of rotatable bonds is 5. The summed E-state index contributed by atoms with van der Waals surface area (Å²) in [6.07, 6.45) is 1.76. The second-order valence-corrected chi connectivity index (χ2v) is 5.29. The van der Waals surface area contributed by atoms with Crippen molar-refractivity contribution in [2.75, 3.05) is 5.73 Å². The second-order valence-electron chi connectivity index (χ2n) is 5.29. The Morgan fingerprint density at radius 1 is 1.24 bits per heavy atom. The van der Waals surface area contributed by atoms with Gasteiger partial charge in [0.2, 0.25) is 5.95 Å². The van der Waals surface area contributed by atoms with Crippen molar-refractivity contribution in [2.24, 2.45) is 0 Å². The Balaban J connectivity index is 1.90. The molecule has 0 fully saturated rings. The highest BCUT2D eigenvalue weighted by molar-refractivity contribution is 5.69. The number of anilines is 1. The van der Waals surface area contributed by atoms with Gasteiger partial charge in [-0.1, -0.05) is 12.1 Å². The van der Waals surface area contributed by atoms with Crippen LogP contribution < -0.4 is 11.3 Å². The fraction of sp³-hybridized carbons (Fsp3) is 0.200. The summed E-state index contributed by atoms with van der Waals surface area (Å²) in [6, 6.07) is 6.05. The van der Waals surface area contributed by atoms with Gasteiger partial charge in [0.25, 0.3) is 11.2 Å². The molecule has 25 heavy (non-hydrogen) atoms. The Hall–Kier alpha value is -3.40. The van der Waals surface area contributed by atoms with Crippen LogP contribution in [-0.4, -0.2) is 29.5 Å². The van der Waals surface area contributed by atoms with Gasteiger partial charge in [0.1, 0.15) is 0 Å². The minimum absolute atomic E-state index is 0.000361. The summed E-state index contributed by atoms with van der Waals surface area (Å²) >= 11 is 0. The molecule has 0 bridgehead atoms. The van der Waals surface area contributed by atoms with Gasteiger partial charge in [-0.15, -0.1) is 0 Å². The number of hydrogen-bond acceptors (Lipinski definition) is 8. The van der Waals surface area contributed by atoms with E-state index in [0.717, 1.165) is 5.56 Å². The van der Waals surface area contributed by atoms with Gasteiger partial charge in [0.15, 0.2) is 11.2 Å². The van der Waals surface area contributed by atoms with Gasteiger partial charge in [0, 0.05) is 18.7 Å². The van der Waals surface area contributed by atoms with Crippen LogP contribution in [0.4, 0.5) is 11.6 Å². The van der Waals surface area contributed by atoms with Crippen LogP contribution in [0.1, 0.15) is 11.3 Å². The summed E-state index contributed by atoms with van der Waals surface area (Å²) in [5.74, 6) is 0.00506. The monoisotopic (exact) mass is 342 g/mol. The zero-order chi connectivity index (χ0) is 18.0. The predicted molar refractivity (Wildman–Crippen MR) is 88.7 cm³/mol. The summed E-state index contributed by atoms with van der Waals surface area (Å²) in [5.41, 5.74) is 6.60. The molecule has 3 aromatic rings. The van der Waals surface area contributed by atoms with Gasteiger partial charge in [-0.2, -0.15) is 4.98 Å². The summed E-state index contributed by atoms with van der Waals surface area (Å²) in [6.45, 7) is -0.105. The van der Waals surface area contributed by atoms with Crippen molar-refractivity contribution in [3.8, 4) is 0 Å². The minimum Gasteiger partial charge on any atom is -0.390 e. The molecule has 0 radical (unpaired) electrons. The van der Waals surface area contributed by atoms with Crippen molar-refractivity contribution in [1.29, 1.82) is 0 Å². The molecule has 128 valence electrons. The standard InChI is InChI=1S/C15H14N6O4/c16-15-19-13-12(18-10(8-22)7-17-13)14(23)20(15)6-5-9-1-3-11(4-2-9)21(24)25/h1-4,7,22H,5-6,8H2,(H2,16,17,19). The maximum atomic E-state index is 12.6. The van der Waals surface area contributed by atoms with Crippen molar-refractivity contribution in [2.45, 2.75) is 19.6 Å². The molecule has 3 N–H and O–H groups in total. The number of aliphatic hydroxyl groups excluding tert-OH is 1. The first-order valence-electron chi connectivity index (χ1n) is 7.35. The molecule has 0 atom stereocenters. The van der Waals surface area contributed by atoms with Crippen LogP contribution in [0.5, 0.6) is 0 Å². The number of fused-ring (bicyclic) bond motifs is 1. The number of hydrogen-bond donors (Lipinski definition) is 2. The zero-order valence-electron chi connectivity index (χ0n) is 13.0. The third-order valence-corrected chi connectivity index (χ3v) is 3.68. The van der Waals surface area contributed by atoms with Crippen LogP contribution in [0.2, 0.25) is 0 Å². The molecular formula is C15H14N6O4. The topological polar surface area (TPSA) is 150 Å². The predicted octanol–water partition coefficient (Wildman–Crippen LogP) is 0.412. The summed E-state index contributed by atoms with van der Waals surface area (Å²) in [4.78, 5) is 34.8. The quantitative estimate of drug-likeness (QED) is 0.500. The number of nitro benzene ring substituents is 1. The second kappa shape index (κ2) is 6.61. The Morgan fingerprint density at radius 3 is 2.60 bits per heavy atom. The largest absolute Gasteiger partial charge is 0.390 e. The Morgan fingerprint density at radius 2 is 1.96 bits per heavy atom. The van der Waals surface area contributed by atoms with Crippen molar-refractivity contribution in [3.05, 3.63) is 62.2 Å². The van der Waals surface area contributed by atoms with Crippen LogP contribution in [-0.2, 0) is 19.6 Å². The molecule has 3 rings (SSSR count). The van der Waals surface area contributed by atoms with Gasteiger partial charge in [-0.3, -0.25) is 19.5 Å². The number of aryl methyl sites for hydroxylation is 1. The maximum absolute atomic E-state index is 12.6. The molecule has 0 saturated heterocycles. The van der Waals surface area contributed by atoms with Gasteiger partial charge < -0.3 is 10.8 Å². The lowest BCUT2D eigenvalue weighted by molar-refractivity contribution is -0.384. The minimum atomic E-state index is -0.475. The lowest BCUT2D eigenvalue weighted by Crippen LogP contribution is -2.26. The molecule has 0 unspecified atom stereocenters. The average molecular weight is 342 g/mol. The molecular weight excluding hydrogens is 328 g/mol. The van der Waals surface area contributed by atoms with E-state index in [1.807, 2.05) is 0 Å². The van der Waals surface area contributed by atoms with Gasteiger partial charge in [-0.05, 0) is 12.0 Å². The van der Waals surface area contributed by atoms with Crippen molar-refractivity contribution in [1.82, 2.24) is 19.5 Å². The number of nitrogens with zero attached hydrogens (tertiary/aromatic N) is 5. The first-order valence-corrected chi connectivity index (χ1v) is 7.35. The van der Waals surface area contributed by atoms with Gasteiger partial charge >= 0.3 is 0 Å². The number of non-ortho nitro benzene ring substituents is 1. The molecule has 0 spiro atoms. The Bertz CT molecular complexity index is 999. The summed E-state index contributed by atoms with van der Waals surface area (Å²) < 4.78 is 1.26. The summed E-state index contributed by atoms with van der Waals surface area (Å²) in [7, 11) is 0. The van der Waals surface area contributed by atoms with Crippen LogP contribution in [0.25, 0.3) is 11.2 Å². The first-order chi connectivity index (χ1) is 12.0. The highest BCUT2D eigenvalue weighted by Gasteiger charge is 2.12. The third kappa shape index (κ3) is 3.28. The average Bonchev–Trinajstić information content (AvgIpc) is 2.61. The van der Waals surface area contributed by atoms with Crippen molar-refractivity contribution in [3.63, 3.8) is 0 Å². The highest BCUT2D eigenvalue weighted by atomic mass is 16.6.